The third kappa shape index (κ3) is 4.11. The first kappa shape index (κ1) is 19.1. The maximum Gasteiger partial charge on any atom is 0.0836 e. The minimum atomic E-state index is -0.0469. The fraction of sp³-hybridized carbons (Fsp3) is 0.381. The van der Waals surface area contributed by atoms with Crippen molar-refractivity contribution in [3.05, 3.63) is 64.2 Å². The fourth-order valence-electron chi connectivity index (χ4n) is 4.04. The Balaban J connectivity index is 1.62. The Kier molecular flexibility index (Phi) is 5.93. The number of nitrogen functional groups attached to an aromatic ring is 1. The van der Waals surface area contributed by atoms with Crippen LogP contribution in [0.2, 0.25) is 5.02 Å². The van der Waals surface area contributed by atoms with E-state index in [4.69, 9.17) is 29.6 Å². The molecule has 0 bridgehead atoms. The summed E-state index contributed by atoms with van der Waals surface area (Å²) in [7, 11) is 0. The molecule has 3 nitrogen and oxygen atoms in total. The zero-order valence-corrected chi connectivity index (χ0v) is 17.5. The van der Waals surface area contributed by atoms with Crippen LogP contribution in [0.5, 0.6) is 0 Å². The maximum absolute atomic E-state index is 6.26. The first-order chi connectivity index (χ1) is 13.1. The lowest BCUT2D eigenvalue weighted by molar-refractivity contribution is 0.583. The highest BCUT2D eigenvalue weighted by Gasteiger charge is 2.32. The van der Waals surface area contributed by atoms with Crippen molar-refractivity contribution in [1.29, 1.82) is 0 Å². The molecule has 4 N–H and O–H groups in total. The number of thioether (sulfide) groups is 1. The number of hydrogen-bond acceptors (Lipinski definition) is 4. The van der Waals surface area contributed by atoms with E-state index in [9.17, 15) is 0 Å². The van der Waals surface area contributed by atoms with Crippen molar-refractivity contribution in [3.63, 3.8) is 0 Å². The van der Waals surface area contributed by atoms with Crippen LogP contribution in [-0.4, -0.2) is 29.1 Å². The van der Waals surface area contributed by atoms with Crippen LogP contribution >= 0.6 is 35.6 Å². The average molecular weight is 418 g/mol. The Labute approximate surface area is 175 Å². The van der Waals surface area contributed by atoms with Gasteiger partial charge in [0.25, 0.3) is 0 Å². The summed E-state index contributed by atoms with van der Waals surface area (Å²) < 4.78 is 0. The monoisotopic (exact) mass is 417 g/mol. The molecule has 0 saturated carbocycles. The summed E-state index contributed by atoms with van der Waals surface area (Å²) in [6, 6.07) is 14.2. The van der Waals surface area contributed by atoms with Crippen molar-refractivity contribution in [1.82, 2.24) is 10.6 Å². The number of thiocarbonyl (C=S) groups is 1. The molecule has 1 fully saturated rings. The zero-order valence-electron chi connectivity index (χ0n) is 15.1. The summed E-state index contributed by atoms with van der Waals surface area (Å²) in [5.74, 6) is 1.46. The SMILES string of the molecule is Nc1ccc(Cl)cc1C1NC(=S)C(CCC2CNCCS2)c2ccccc21. The maximum atomic E-state index is 6.26. The minimum Gasteiger partial charge on any atom is -0.398 e. The predicted molar refractivity (Wildman–Crippen MR) is 121 cm³/mol. The highest BCUT2D eigenvalue weighted by molar-refractivity contribution is 8.00. The predicted octanol–water partition coefficient (Wildman–Crippen LogP) is 4.51. The van der Waals surface area contributed by atoms with Crippen LogP contribution in [0.1, 0.15) is 41.5 Å². The van der Waals surface area contributed by atoms with Gasteiger partial charge in [0, 0.05) is 46.3 Å². The number of hydrogen-bond donors (Lipinski definition) is 3. The Morgan fingerprint density at radius 1 is 1.11 bits per heavy atom. The molecule has 3 atom stereocenters. The van der Waals surface area contributed by atoms with Gasteiger partial charge in [0.15, 0.2) is 0 Å². The molecule has 27 heavy (non-hydrogen) atoms. The van der Waals surface area contributed by atoms with Gasteiger partial charge in [-0.2, -0.15) is 11.8 Å². The smallest absolute Gasteiger partial charge is 0.0836 e. The van der Waals surface area contributed by atoms with Crippen molar-refractivity contribution in [3.8, 4) is 0 Å². The molecular formula is C21H24ClN3S2. The van der Waals surface area contributed by atoms with E-state index in [-0.39, 0.29) is 12.0 Å². The quantitative estimate of drug-likeness (QED) is 0.504. The largest absolute Gasteiger partial charge is 0.398 e. The second kappa shape index (κ2) is 8.39. The van der Waals surface area contributed by atoms with E-state index < -0.39 is 0 Å². The summed E-state index contributed by atoms with van der Waals surface area (Å²) in [6.07, 6.45) is 2.24. The molecule has 2 heterocycles. The van der Waals surface area contributed by atoms with Crippen molar-refractivity contribution in [2.75, 3.05) is 24.6 Å². The summed E-state index contributed by atoms with van der Waals surface area (Å²) in [5.41, 5.74) is 10.6. The summed E-state index contributed by atoms with van der Waals surface area (Å²) >= 11 is 14.1. The van der Waals surface area contributed by atoms with E-state index in [1.54, 1.807) is 0 Å². The van der Waals surface area contributed by atoms with E-state index in [1.165, 1.54) is 23.3 Å². The van der Waals surface area contributed by atoms with Gasteiger partial charge in [0.1, 0.15) is 0 Å². The molecule has 4 rings (SSSR count). The molecular weight excluding hydrogens is 394 g/mol. The van der Waals surface area contributed by atoms with Crippen LogP contribution < -0.4 is 16.4 Å². The van der Waals surface area contributed by atoms with Crippen molar-refractivity contribution in [2.45, 2.75) is 30.1 Å². The van der Waals surface area contributed by atoms with Gasteiger partial charge in [-0.1, -0.05) is 48.1 Å². The van der Waals surface area contributed by atoms with Crippen molar-refractivity contribution in [2.24, 2.45) is 0 Å². The number of rotatable bonds is 4. The molecule has 2 aromatic carbocycles. The third-order valence-electron chi connectivity index (χ3n) is 5.43. The average Bonchev–Trinajstić information content (AvgIpc) is 2.69. The Morgan fingerprint density at radius 2 is 1.93 bits per heavy atom. The zero-order chi connectivity index (χ0) is 18.8. The van der Waals surface area contributed by atoms with E-state index >= 15 is 0 Å². The number of benzene rings is 2. The normalized spacial score (nSPS) is 24.9. The van der Waals surface area contributed by atoms with Gasteiger partial charge in [-0.3, -0.25) is 0 Å². The van der Waals surface area contributed by atoms with Crippen LogP contribution in [0.25, 0.3) is 0 Å². The number of fused-ring (bicyclic) bond motifs is 1. The fourth-order valence-corrected chi connectivity index (χ4v) is 5.72. The van der Waals surface area contributed by atoms with E-state index in [1.807, 2.05) is 18.2 Å². The number of nitrogens with one attached hydrogen (secondary N) is 2. The highest BCUT2D eigenvalue weighted by Crippen LogP contribution is 2.40. The van der Waals surface area contributed by atoms with E-state index in [2.05, 4.69) is 46.7 Å². The van der Waals surface area contributed by atoms with Crippen LogP contribution in [0, 0.1) is 0 Å². The first-order valence-corrected chi connectivity index (χ1v) is 11.2. The molecule has 0 radical (unpaired) electrons. The molecule has 2 aliphatic rings. The van der Waals surface area contributed by atoms with Gasteiger partial charge < -0.3 is 16.4 Å². The molecule has 3 unspecified atom stereocenters. The molecule has 2 aliphatic heterocycles. The lowest BCUT2D eigenvalue weighted by Crippen LogP contribution is -2.39. The third-order valence-corrected chi connectivity index (χ3v) is 7.38. The Morgan fingerprint density at radius 3 is 2.70 bits per heavy atom. The number of anilines is 1. The van der Waals surface area contributed by atoms with Gasteiger partial charge in [0.05, 0.1) is 11.0 Å². The second-order valence-corrected chi connectivity index (χ2v) is 9.46. The number of nitrogens with two attached hydrogens (primary N) is 1. The van der Waals surface area contributed by atoms with E-state index in [0.29, 0.717) is 10.3 Å². The summed E-state index contributed by atoms with van der Waals surface area (Å²) in [4.78, 5) is 0.909. The van der Waals surface area contributed by atoms with Crippen molar-refractivity contribution >= 4 is 46.3 Å². The van der Waals surface area contributed by atoms with Crippen LogP contribution in [-0.2, 0) is 0 Å². The molecule has 6 heteroatoms. The molecule has 0 amide bonds. The molecule has 0 aromatic heterocycles. The molecule has 142 valence electrons. The second-order valence-electron chi connectivity index (χ2n) is 7.17. The van der Waals surface area contributed by atoms with Gasteiger partial charge in [-0.25, -0.2) is 0 Å². The van der Waals surface area contributed by atoms with Crippen LogP contribution in [0.4, 0.5) is 5.69 Å². The topological polar surface area (TPSA) is 50.1 Å². The van der Waals surface area contributed by atoms with Gasteiger partial charge >= 0.3 is 0 Å². The summed E-state index contributed by atoms with van der Waals surface area (Å²) in [5, 5.41) is 8.43. The van der Waals surface area contributed by atoms with Crippen LogP contribution in [0.3, 0.4) is 0 Å². The van der Waals surface area contributed by atoms with Gasteiger partial charge in [-0.05, 0) is 42.2 Å². The molecule has 0 aliphatic carbocycles. The van der Waals surface area contributed by atoms with Crippen molar-refractivity contribution < 1.29 is 0 Å². The molecule has 1 saturated heterocycles. The Bertz CT molecular complexity index is 836. The summed E-state index contributed by atoms with van der Waals surface area (Å²) in [6.45, 7) is 2.22. The Hall–Kier alpha value is -1.27. The van der Waals surface area contributed by atoms with Gasteiger partial charge in [-0.15, -0.1) is 0 Å². The molecule has 0 spiro atoms. The van der Waals surface area contributed by atoms with Crippen LogP contribution in [0.15, 0.2) is 42.5 Å². The highest BCUT2D eigenvalue weighted by atomic mass is 35.5. The standard InChI is InChI=1S/C21H24ClN3S2/c22-13-5-8-19(23)18(11-13)20-16-4-2-1-3-15(16)17(21(26)25-20)7-6-14-12-24-9-10-27-14/h1-5,8,11,14,17,20,24H,6-7,9-10,12,23H2,(H,25,26). The number of halogens is 1. The van der Waals surface area contributed by atoms with E-state index in [0.717, 1.165) is 35.7 Å². The molecule has 2 aromatic rings. The first-order valence-electron chi connectivity index (χ1n) is 9.40. The minimum absolute atomic E-state index is 0.0469. The lowest BCUT2D eigenvalue weighted by Gasteiger charge is -2.35. The lowest BCUT2D eigenvalue weighted by atomic mass is 9.81. The van der Waals surface area contributed by atoms with Gasteiger partial charge in [0.2, 0.25) is 0 Å².